The minimum absolute atomic E-state index is 0.0374. The van der Waals surface area contributed by atoms with Crippen molar-refractivity contribution >= 4 is 21.8 Å². The number of hydrogen-bond acceptors (Lipinski definition) is 2. The lowest BCUT2D eigenvalue weighted by Gasteiger charge is -2.15. The molecule has 0 unspecified atom stereocenters. The van der Waals surface area contributed by atoms with E-state index in [2.05, 4.69) is 38.3 Å². The van der Waals surface area contributed by atoms with Crippen LogP contribution in [0.15, 0.2) is 46.9 Å². The Bertz CT molecular complexity index is 668. The van der Waals surface area contributed by atoms with Crippen LogP contribution in [0.3, 0.4) is 0 Å². The van der Waals surface area contributed by atoms with Crippen LogP contribution in [0, 0.1) is 6.92 Å². The van der Waals surface area contributed by atoms with Gasteiger partial charge in [-0.3, -0.25) is 4.79 Å². The number of nitrogens with one attached hydrogen (secondary N) is 1. The predicted molar refractivity (Wildman–Crippen MR) is 93.9 cm³/mol. The topological polar surface area (TPSA) is 32.3 Å². The number of halogens is 1. The maximum Gasteiger partial charge on any atom is 0.251 e. The van der Waals surface area contributed by atoms with Crippen molar-refractivity contribution in [3.63, 3.8) is 0 Å². The van der Waals surface area contributed by atoms with Crippen molar-refractivity contribution in [2.45, 2.75) is 20.0 Å². The summed E-state index contributed by atoms with van der Waals surface area (Å²) in [6, 6.07) is 13.9. The summed E-state index contributed by atoms with van der Waals surface area (Å²) in [7, 11) is 4.08. The number of carbonyl (C=O) groups excluding carboxylic acids is 1. The molecule has 0 spiro atoms. The van der Waals surface area contributed by atoms with Crippen LogP contribution in [-0.4, -0.2) is 24.9 Å². The van der Waals surface area contributed by atoms with E-state index in [1.807, 2.05) is 51.4 Å². The first-order valence-electron chi connectivity index (χ1n) is 7.23. The van der Waals surface area contributed by atoms with Gasteiger partial charge < -0.3 is 10.2 Å². The van der Waals surface area contributed by atoms with Gasteiger partial charge in [0.2, 0.25) is 0 Å². The molecule has 0 atom stereocenters. The number of nitrogens with zero attached hydrogens (tertiary/aromatic N) is 1. The summed E-state index contributed by atoms with van der Waals surface area (Å²) in [6.45, 7) is 3.35. The van der Waals surface area contributed by atoms with E-state index in [0.717, 1.165) is 22.1 Å². The molecule has 0 saturated carbocycles. The molecule has 0 aromatic heterocycles. The Balaban J connectivity index is 2.08. The second-order valence-electron chi connectivity index (χ2n) is 5.65. The van der Waals surface area contributed by atoms with E-state index >= 15 is 0 Å². The third-order valence-electron chi connectivity index (χ3n) is 3.48. The molecule has 0 saturated heterocycles. The van der Waals surface area contributed by atoms with Gasteiger partial charge in [-0.15, -0.1) is 0 Å². The molecule has 3 nitrogen and oxygen atoms in total. The number of hydrogen-bond donors (Lipinski definition) is 1. The molecule has 0 radical (unpaired) electrons. The first-order chi connectivity index (χ1) is 10.5. The van der Waals surface area contributed by atoms with Crippen LogP contribution in [0.5, 0.6) is 0 Å². The summed E-state index contributed by atoms with van der Waals surface area (Å²) in [4.78, 5) is 14.5. The van der Waals surface area contributed by atoms with Crippen LogP contribution < -0.4 is 5.32 Å². The average Bonchev–Trinajstić information content (AvgIpc) is 2.45. The first kappa shape index (κ1) is 16.7. The molecule has 0 aliphatic rings. The van der Waals surface area contributed by atoms with Gasteiger partial charge in [0.15, 0.2) is 0 Å². The SMILES string of the molecule is Cc1cc(Br)ccc1C(=O)NCc1ccccc1CN(C)C. The lowest BCUT2D eigenvalue weighted by molar-refractivity contribution is 0.0950. The highest BCUT2D eigenvalue weighted by Gasteiger charge is 2.10. The quantitative estimate of drug-likeness (QED) is 0.880. The lowest BCUT2D eigenvalue weighted by Crippen LogP contribution is -2.24. The highest BCUT2D eigenvalue weighted by Crippen LogP contribution is 2.16. The van der Waals surface area contributed by atoms with Gasteiger partial charge >= 0.3 is 0 Å². The number of rotatable bonds is 5. The van der Waals surface area contributed by atoms with E-state index in [-0.39, 0.29) is 5.91 Å². The van der Waals surface area contributed by atoms with Crippen LogP contribution >= 0.6 is 15.9 Å². The van der Waals surface area contributed by atoms with Crippen molar-refractivity contribution in [1.29, 1.82) is 0 Å². The maximum atomic E-state index is 12.3. The van der Waals surface area contributed by atoms with Gasteiger partial charge in [0, 0.05) is 23.1 Å². The van der Waals surface area contributed by atoms with E-state index < -0.39 is 0 Å². The predicted octanol–water partition coefficient (Wildman–Crippen LogP) is 3.75. The fourth-order valence-corrected chi connectivity index (χ4v) is 2.85. The molecule has 22 heavy (non-hydrogen) atoms. The van der Waals surface area contributed by atoms with E-state index in [1.54, 1.807) is 0 Å². The Morgan fingerprint density at radius 3 is 2.45 bits per heavy atom. The van der Waals surface area contributed by atoms with Gasteiger partial charge in [-0.05, 0) is 55.9 Å². The van der Waals surface area contributed by atoms with E-state index in [1.165, 1.54) is 5.56 Å². The Hall–Kier alpha value is -1.65. The van der Waals surface area contributed by atoms with Crippen molar-refractivity contribution < 1.29 is 4.79 Å². The lowest BCUT2D eigenvalue weighted by atomic mass is 10.1. The van der Waals surface area contributed by atoms with Crippen LogP contribution in [0.4, 0.5) is 0 Å². The van der Waals surface area contributed by atoms with Gasteiger partial charge in [-0.2, -0.15) is 0 Å². The summed E-state index contributed by atoms with van der Waals surface area (Å²) < 4.78 is 0.984. The van der Waals surface area contributed by atoms with E-state index in [4.69, 9.17) is 0 Å². The van der Waals surface area contributed by atoms with E-state index in [0.29, 0.717) is 12.1 Å². The standard InChI is InChI=1S/C18H21BrN2O/c1-13-10-16(19)8-9-17(13)18(22)20-11-14-6-4-5-7-15(14)12-21(2)3/h4-10H,11-12H2,1-3H3,(H,20,22). The molecular formula is C18H21BrN2O. The smallest absolute Gasteiger partial charge is 0.251 e. The summed E-state index contributed by atoms with van der Waals surface area (Å²) in [5.41, 5.74) is 4.07. The van der Waals surface area contributed by atoms with Crippen molar-refractivity contribution in [1.82, 2.24) is 10.2 Å². The second-order valence-corrected chi connectivity index (χ2v) is 6.56. The third-order valence-corrected chi connectivity index (χ3v) is 3.97. The Morgan fingerprint density at radius 1 is 1.14 bits per heavy atom. The summed E-state index contributed by atoms with van der Waals surface area (Å²) in [6.07, 6.45) is 0. The highest BCUT2D eigenvalue weighted by atomic mass is 79.9. The highest BCUT2D eigenvalue weighted by molar-refractivity contribution is 9.10. The summed E-state index contributed by atoms with van der Waals surface area (Å²) >= 11 is 3.42. The molecule has 116 valence electrons. The van der Waals surface area contributed by atoms with Gasteiger partial charge in [0.25, 0.3) is 5.91 Å². The van der Waals surface area contributed by atoms with Gasteiger partial charge in [0.1, 0.15) is 0 Å². The fourth-order valence-electron chi connectivity index (χ4n) is 2.38. The Morgan fingerprint density at radius 2 is 1.82 bits per heavy atom. The second kappa shape index (κ2) is 7.56. The van der Waals surface area contributed by atoms with Gasteiger partial charge in [-0.25, -0.2) is 0 Å². The summed E-state index contributed by atoms with van der Waals surface area (Å²) in [5.74, 6) is -0.0374. The minimum atomic E-state index is -0.0374. The molecule has 2 rings (SSSR count). The van der Waals surface area contributed by atoms with E-state index in [9.17, 15) is 4.79 Å². The van der Waals surface area contributed by atoms with Gasteiger partial charge in [-0.1, -0.05) is 40.2 Å². The molecule has 1 N–H and O–H groups in total. The number of aryl methyl sites for hydroxylation is 1. The largest absolute Gasteiger partial charge is 0.348 e. The van der Waals surface area contributed by atoms with Gasteiger partial charge in [0.05, 0.1) is 0 Å². The molecule has 4 heteroatoms. The first-order valence-corrected chi connectivity index (χ1v) is 8.02. The fraction of sp³-hybridized carbons (Fsp3) is 0.278. The van der Waals surface area contributed by atoms with Crippen molar-refractivity contribution in [2.75, 3.05) is 14.1 Å². The molecular weight excluding hydrogens is 340 g/mol. The molecule has 1 amide bonds. The zero-order valence-electron chi connectivity index (χ0n) is 13.2. The zero-order valence-corrected chi connectivity index (χ0v) is 14.8. The third kappa shape index (κ3) is 4.42. The molecule has 2 aromatic carbocycles. The molecule has 0 fully saturated rings. The molecule has 0 aliphatic carbocycles. The normalized spacial score (nSPS) is 10.8. The monoisotopic (exact) mass is 360 g/mol. The van der Waals surface area contributed by atoms with Crippen molar-refractivity contribution in [3.05, 3.63) is 69.2 Å². The zero-order chi connectivity index (χ0) is 16.1. The Labute approximate surface area is 140 Å². The number of amides is 1. The molecule has 2 aromatic rings. The summed E-state index contributed by atoms with van der Waals surface area (Å²) in [5, 5.41) is 3.02. The van der Waals surface area contributed by atoms with Crippen LogP contribution in [0.2, 0.25) is 0 Å². The van der Waals surface area contributed by atoms with Crippen LogP contribution in [-0.2, 0) is 13.1 Å². The number of carbonyl (C=O) groups is 1. The van der Waals surface area contributed by atoms with Crippen LogP contribution in [0.25, 0.3) is 0 Å². The van der Waals surface area contributed by atoms with Crippen LogP contribution in [0.1, 0.15) is 27.0 Å². The molecule has 0 heterocycles. The number of benzene rings is 2. The minimum Gasteiger partial charge on any atom is -0.348 e. The molecule has 0 bridgehead atoms. The van der Waals surface area contributed by atoms with Crippen molar-refractivity contribution in [3.8, 4) is 0 Å². The Kier molecular flexibility index (Phi) is 5.75. The maximum absolute atomic E-state index is 12.3. The molecule has 0 aliphatic heterocycles. The van der Waals surface area contributed by atoms with Crippen molar-refractivity contribution in [2.24, 2.45) is 0 Å². The average molecular weight is 361 g/mol.